The number of rotatable bonds is 6. The summed E-state index contributed by atoms with van der Waals surface area (Å²) in [6, 6.07) is 69.6. The van der Waals surface area contributed by atoms with Crippen LogP contribution in [0, 0.1) is 5.92 Å². The fourth-order valence-electron chi connectivity index (χ4n) is 9.68. The average Bonchev–Trinajstić information content (AvgIpc) is 3.75. The van der Waals surface area contributed by atoms with Gasteiger partial charge in [-0.2, -0.15) is 0 Å². The predicted molar refractivity (Wildman–Crippen MR) is 231 cm³/mol. The quantitative estimate of drug-likeness (QED) is 0.167. The molecular formula is C53H38N2. The molecule has 55 heavy (non-hydrogen) atoms. The third-order valence-electron chi connectivity index (χ3n) is 12.0. The van der Waals surface area contributed by atoms with Crippen molar-refractivity contribution in [3.05, 3.63) is 229 Å². The Morgan fingerprint density at radius 3 is 1.98 bits per heavy atom. The third kappa shape index (κ3) is 4.81. The number of hydrogen-bond donors (Lipinski definition) is 0. The molecule has 8 aromatic carbocycles. The minimum atomic E-state index is -0.355. The Morgan fingerprint density at radius 2 is 1.13 bits per heavy atom. The molecule has 0 saturated carbocycles. The van der Waals surface area contributed by atoms with Crippen molar-refractivity contribution in [3.63, 3.8) is 0 Å². The van der Waals surface area contributed by atoms with Crippen LogP contribution in [0.2, 0.25) is 0 Å². The Balaban J connectivity index is 1.18. The van der Waals surface area contributed by atoms with Crippen molar-refractivity contribution in [1.82, 2.24) is 4.57 Å². The Bertz CT molecular complexity index is 2970. The smallest absolute Gasteiger partial charge is 0.0542 e. The van der Waals surface area contributed by atoms with Gasteiger partial charge >= 0.3 is 0 Å². The highest BCUT2D eigenvalue weighted by atomic mass is 15.1. The molecule has 0 amide bonds. The van der Waals surface area contributed by atoms with Gasteiger partial charge in [0.2, 0.25) is 0 Å². The fourth-order valence-corrected chi connectivity index (χ4v) is 9.68. The van der Waals surface area contributed by atoms with E-state index in [1.807, 2.05) is 0 Å². The molecule has 2 nitrogen and oxygen atoms in total. The molecule has 9 aromatic rings. The lowest BCUT2D eigenvalue weighted by Crippen LogP contribution is -2.35. The molecule has 0 bridgehead atoms. The van der Waals surface area contributed by atoms with Crippen molar-refractivity contribution in [2.45, 2.75) is 11.8 Å². The summed E-state index contributed by atoms with van der Waals surface area (Å²) < 4.78 is 2.39. The molecule has 0 N–H and O–H groups in total. The lowest BCUT2D eigenvalue weighted by atomic mass is 9.62. The van der Waals surface area contributed by atoms with Gasteiger partial charge in [0, 0.05) is 33.5 Å². The number of anilines is 3. The van der Waals surface area contributed by atoms with Crippen LogP contribution in [0.25, 0.3) is 49.4 Å². The van der Waals surface area contributed by atoms with Gasteiger partial charge in [-0.05, 0) is 112 Å². The maximum atomic E-state index is 2.50. The number of allylic oxidation sites excluding steroid dienone is 4. The zero-order chi connectivity index (χ0) is 36.3. The van der Waals surface area contributed by atoms with Crippen LogP contribution in [0.5, 0.6) is 0 Å². The molecule has 1 aromatic heterocycles. The van der Waals surface area contributed by atoms with E-state index < -0.39 is 0 Å². The Hall–Kier alpha value is -6.90. The molecule has 11 rings (SSSR count). The number of benzene rings is 8. The van der Waals surface area contributed by atoms with Crippen LogP contribution < -0.4 is 4.90 Å². The minimum absolute atomic E-state index is 0.257. The summed E-state index contributed by atoms with van der Waals surface area (Å²) >= 11 is 0. The summed E-state index contributed by atoms with van der Waals surface area (Å²) in [4.78, 5) is 2.47. The van der Waals surface area contributed by atoms with Gasteiger partial charge in [-0.15, -0.1) is 0 Å². The monoisotopic (exact) mass is 702 g/mol. The maximum absolute atomic E-state index is 2.50. The van der Waals surface area contributed by atoms with Crippen LogP contribution in [-0.2, 0) is 5.41 Å². The van der Waals surface area contributed by atoms with Crippen molar-refractivity contribution in [3.8, 4) is 16.8 Å². The zero-order valence-corrected chi connectivity index (χ0v) is 30.4. The van der Waals surface area contributed by atoms with Crippen molar-refractivity contribution < 1.29 is 0 Å². The first-order valence-corrected chi connectivity index (χ1v) is 19.3. The summed E-state index contributed by atoms with van der Waals surface area (Å²) in [7, 11) is 0. The second-order valence-corrected chi connectivity index (χ2v) is 14.9. The molecule has 0 saturated heterocycles. The first-order valence-electron chi connectivity index (χ1n) is 19.3. The molecule has 260 valence electrons. The van der Waals surface area contributed by atoms with Crippen LogP contribution >= 0.6 is 0 Å². The van der Waals surface area contributed by atoms with Gasteiger partial charge in [-0.25, -0.2) is 0 Å². The van der Waals surface area contributed by atoms with E-state index >= 15 is 0 Å². The predicted octanol–water partition coefficient (Wildman–Crippen LogP) is 13.9. The summed E-state index contributed by atoms with van der Waals surface area (Å²) in [6.07, 6.45) is 10.2. The van der Waals surface area contributed by atoms with E-state index in [2.05, 4.69) is 222 Å². The first-order chi connectivity index (χ1) is 27.3. The van der Waals surface area contributed by atoms with Crippen LogP contribution in [0.1, 0.15) is 23.1 Å². The standard InChI is InChI=1S/C53H38N2/c1-4-18-39(19-5-1)53(40-20-6-2-7-21-40)49-26-14-12-24-45(49)46-32-30-44(36-50(46)53)54(42-29-28-37-16-10-11-17-38(37)34-42)43-31-33-52-48(35-43)47-25-13-15-27-51(47)55(52)41-22-8-3-9-23-41/h1-20,22-36,40H,21H2. The number of aromatic nitrogens is 1. The topological polar surface area (TPSA) is 8.17 Å². The third-order valence-corrected chi connectivity index (χ3v) is 12.0. The first kappa shape index (κ1) is 31.6. The van der Waals surface area contributed by atoms with Gasteiger partial charge in [-0.1, -0.05) is 152 Å². The summed E-state index contributed by atoms with van der Waals surface area (Å²) in [5, 5.41) is 4.93. The largest absolute Gasteiger partial charge is 0.310 e. The number of hydrogen-bond acceptors (Lipinski definition) is 1. The van der Waals surface area contributed by atoms with Crippen LogP contribution in [0.4, 0.5) is 17.1 Å². The molecule has 0 fully saturated rings. The average molecular weight is 703 g/mol. The van der Waals surface area contributed by atoms with Crippen molar-refractivity contribution in [2.24, 2.45) is 5.92 Å². The SMILES string of the molecule is C1=CCC(C2(c3ccccc3)c3ccccc3-c3ccc(N(c4ccc5ccccc5c4)c4ccc5c(c4)c4ccccc4n5-c4ccccc4)cc32)C=C1. The highest BCUT2D eigenvalue weighted by Crippen LogP contribution is 2.59. The van der Waals surface area contributed by atoms with Crippen molar-refractivity contribution >= 4 is 49.6 Å². The molecule has 2 aliphatic carbocycles. The second kappa shape index (κ2) is 12.6. The summed E-state index contributed by atoms with van der Waals surface area (Å²) in [5.41, 5.74) is 13.3. The molecule has 2 aliphatic rings. The molecule has 0 radical (unpaired) electrons. The Morgan fingerprint density at radius 1 is 0.473 bits per heavy atom. The number of para-hydroxylation sites is 2. The number of fused-ring (bicyclic) bond motifs is 7. The molecule has 0 aliphatic heterocycles. The number of nitrogens with zero attached hydrogens (tertiary/aromatic N) is 2. The van der Waals surface area contributed by atoms with Gasteiger partial charge in [0.05, 0.1) is 16.4 Å². The molecular weight excluding hydrogens is 665 g/mol. The fraction of sp³-hybridized carbons (Fsp3) is 0.0566. The van der Waals surface area contributed by atoms with E-state index in [1.54, 1.807) is 0 Å². The Labute approximate surface area is 321 Å². The lowest BCUT2D eigenvalue weighted by molar-refractivity contribution is 0.457. The van der Waals surface area contributed by atoms with E-state index in [0.717, 1.165) is 29.2 Å². The van der Waals surface area contributed by atoms with E-state index in [-0.39, 0.29) is 11.3 Å². The highest BCUT2D eigenvalue weighted by Gasteiger charge is 2.49. The van der Waals surface area contributed by atoms with Gasteiger partial charge < -0.3 is 9.47 Å². The molecule has 2 atom stereocenters. The van der Waals surface area contributed by atoms with Crippen LogP contribution in [-0.4, -0.2) is 4.57 Å². The minimum Gasteiger partial charge on any atom is -0.310 e. The molecule has 2 unspecified atom stereocenters. The van der Waals surface area contributed by atoms with Crippen LogP contribution in [0.15, 0.2) is 212 Å². The van der Waals surface area contributed by atoms with E-state index in [0.29, 0.717) is 0 Å². The highest BCUT2D eigenvalue weighted by molar-refractivity contribution is 6.11. The van der Waals surface area contributed by atoms with Gasteiger partial charge in [0.25, 0.3) is 0 Å². The molecule has 1 heterocycles. The normalized spacial score (nSPS) is 17.1. The van der Waals surface area contributed by atoms with E-state index in [9.17, 15) is 0 Å². The van der Waals surface area contributed by atoms with E-state index in [4.69, 9.17) is 0 Å². The van der Waals surface area contributed by atoms with Gasteiger partial charge in [-0.3, -0.25) is 0 Å². The zero-order valence-electron chi connectivity index (χ0n) is 30.4. The van der Waals surface area contributed by atoms with Gasteiger partial charge in [0.15, 0.2) is 0 Å². The molecule has 2 heteroatoms. The summed E-state index contributed by atoms with van der Waals surface area (Å²) in [5.74, 6) is 0.257. The maximum Gasteiger partial charge on any atom is 0.0542 e. The van der Waals surface area contributed by atoms with Crippen molar-refractivity contribution in [2.75, 3.05) is 4.90 Å². The molecule has 0 spiro atoms. The second-order valence-electron chi connectivity index (χ2n) is 14.9. The lowest BCUT2D eigenvalue weighted by Gasteiger charge is -2.40. The Kier molecular flexibility index (Phi) is 7.25. The van der Waals surface area contributed by atoms with Gasteiger partial charge in [0.1, 0.15) is 0 Å². The summed E-state index contributed by atoms with van der Waals surface area (Å²) in [6.45, 7) is 0. The van der Waals surface area contributed by atoms with Crippen molar-refractivity contribution in [1.29, 1.82) is 0 Å². The van der Waals surface area contributed by atoms with E-state index in [1.165, 1.54) is 60.4 Å². The van der Waals surface area contributed by atoms with Crippen LogP contribution in [0.3, 0.4) is 0 Å².